The molecule has 12 aromatic rings. The summed E-state index contributed by atoms with van der Waals surface area (Å²) in [5, 5.41) is 19.6. The lowest BCUT2D eigenvalue weighted by atomic mass is 10.0. The predicted octanol–water partition coefficient (Wildman–Crippen LogP) is 14.8. The molecule has 60 heavy (non-hydrogen) atoms. The third-order valence-electron chi connectivity index (χ3n) is 11.9. The predicted molar refractivity (Wildman–Crippen MR) is 246 cm³/mol. The fourth-order valence-electron chi connectivity index (χ4n) is 9.42. The van der Waals surface area contributed by atoms with E-state index in [1.54, 1.807) is 0 Å². The lowest BCUT2D eigenvalue weighted by Crippen LogP contribution is -2.09. The fraction of sp³-hybridized carbons (Fsp3) is 0. The summed E-state index contributed by atoms with van der Waals surface area (Å²) in [7, 11) is 0. The molecule has 0 spiro atoms. The largest absolute Gasteiger partial charge is 0.456 e. The molecular weight excluding hydrogens is 735 g/mol. The smallest absolute Gasteiger partial charge is 0.212 e. The van der Waals surface area contributed by atoms with E-state index in [1.165, 1.54) is 0 Å². The van der Waals surface area contributed by atoms with Crippen LogP contribution in [0.2, 0.25) is 0 Å². The number of hydrogen-bond acceptors (Lipinski definition) is 3. The van der Waals surface area contributed by atoms with Crippen molar-refractivity contribution < 1.29 is 4.42 Å². The van der Waals surface area contributed by atoms with E-state index in [-0.39, 0.29) is 0 Å². The highest BCUT2D eigenvalue weighted by molar-refractivity contribution is 6.27. The van der Waals surface area contributed by atoms with Gasteiger partial charge in [-0.1, -0.05) is 103 Å². The van der Waals surface area contributed by atoms with Crippen LogP contribution < -0.4 is 4.90 Å². The Balaban J connectivity index is 1.14. The van der Waals surface area contributed by atoms with E-state index in [1.807, 2.05) is 60.7 Å². The summed E-state index contributed by atoms with van der Waals surface area (Å²) in [4.78, 5) is 6.45. The summed E-state index contributed by atoms with van der Waals surface area (Å²) in [5.74, 6) is 0. The monoisotopic (exact) mass is 765 g/mol. The first-order valence-corrected chi connectivity index (χ1v) is 19.9. The third kappa shape index (κ3) is 4.80. The molecule has 0 amide bonds. The van der Waals surface area contributed by atoms with Gasteiger partial charge < -0.3 is 18.5 Å². The van der Waals surface area contributed by atoms with E-state index in [2.05, 4.69) is 152 Å². The van der Waals surface area contributed by atoms with Crippen LogP contribution in [-0.2, 0) is 0 Å². The molecule has 0 N–H and O–H groups in total. The Labute approximate surface area is 344 Å². The maximum Gasteiger partial charge on any atom is 0.212 e. The van der Waals surface area contributed by atoms with Crippen molar-refractivity contribution in [3.8, 4) is 17.4 Å². The molecule has 3 heterocycles. The fourth-order valence-corrected chi connectivity index (χ4v) is 9.42. The first-order valence-electron chi connectivity index (χ1n) is 19.9. The average Bonchev–Trinajstić information content (AvgIpc) is 3.97. The van der Waals surface area contributed by atoms with Crippen molar-refractivity contribution in [1.82, 2.24) is 9.13 Å². The van der Waals surface area contributed by atoms with Crippen molar-refractivity contribution in [3.05, 3.63) is 205 Å². The van der Waals surface area contributed by atoms with Gasteiger partial charge in [0, 0.05) is 49.4 Å². The van der Waals surface area contributed by atoms with E-state index < -0.39 is 0 Å². The normalized spacial score (nSPS) is 11.6. The number of rotatable bonds is 5. The molecule has 0 saturated carbocycles. The number of para-hydroxylation sites is 4. The van der Waals surface area contributed by atoms with Crippen molar-refractivity contribution in [3.63, 3.8) is 0 Å². The zero-order chi connectivity index (χ0) is 39.9. The number of benzene rings is 9. The molecule has 9 aromatic carbocycles. The number of aromatic nitrogens is 2. The van der Waals surface area contributed by atoms with Crippen molar-refractivity contribution in [2.45, 2.75) is 0 Å². The van der Waals surface area contributed by atoms with Gasteiger partial charge in [0.2, 0.25) is 5.69 Å². The van der Waals surface area contributed by atoms with Crippen molar-refractivity contribution in [1.29, 1.82) is 5.26 Å². The van der Waals surface area contributed by atoms with Gasteiger partial charge in [-0.3, -0.25) is 0 Å². The highest BCUT2D eigenvalue weighted by atomic mass is 16.3. The Bertz CT molecular complexity index is 3760. The molecule has 0 bridgehead atoms. The second-order valence-corrected chi connectivity index (χ2v) is 15.1. The maximum absolute atomic E-state index is 11.1. The van der Waals surface area contributed by atoms with Crippen LogP contribution in [-0.4, -0.2) is 9.13 Å². The molecule has 3 aromatic heterocycles. The van der Waals surface area contributed by atoms with Gasteiger partial charge >= 0.3 is 0 Å². The first-order chi connectivity index (χ1) is 29.7. The van der Waals surface area contributed by atoms with Crippen LogP contribution in [0.25, 0.3) is 92.5 Å². The SMILES string of the molecule is [C-]#[N+]c1cc(-n2c3ccc(N(c4ccccc4)c4ccccc4)cc3c3c4ccccc4ccc32)c(C#N)cc1-n1c2ccccc2c2c3c(ccc21)oc1ccccc13. The number of fused-ring (bicyclic) bond motifs is 12. The molecule has 6 heteroatoms. The molecule has 0 aliphatic heterocycles. The van der Waals surface area contributed by atoms with Gasteiger partial charge in [-0.15, -0.1) is 0 Å². The third-order valence-corrected chi connectivity index (χ3v) is 11.9. The van der Waals surface area contributed by atoms with Crippen molar-refractivity contribution in [2.24, 2.45) is 0 Å². The number of anilines is 3. The highest BCUT2D eigenvalue weighted by Gasteiger charge is 2.24. The second-order valence-electron chi connectivity index (χ2n) is 15.1. The van der Waals surface area contributed by atoms with E-state index >= 15 is 0 Å². The number of nitriles is 1. The minimum atomic E-state index is 0.440. The molecule has 0 fully saturated rings. The Hall–Kier alpha value is -8.58. The van der Waals surface area contributed by atoms with Gasteiger partial charge in [0.05, 0.1) is 45.6 Å². The minimum absolute atomic E-state index is 0.440. The van der Waals surface area contributed by atoms with Crippen LogP contribution in [0.5, 0.6) is 0 Å². The van der Waals surface area contributed by atoms with Gasteiger partial charge in [-0.2, -0.15) is 5.26 Å². The average molecular weight is 766 g/mol. The Morgan fingerprint density at radius 3 is 1.85 bits per heavy atom. The van der Waals surface area contributed by atoms with E-state index in [0.29, 0.717) is 22.6 Å². The zero-order valence-electron chi connectivity index (χ0n) is 32.0. The molecule has 0 unspecified atom stereocenters. The molecule has 0 aliphatic carbocycles. The first kappa shape index (κ1) is 33.5. The Morgan fingerprint density at radius 1 is 0.467 bits per heavy atom. The van der Waals surface area contributed by atoms with Gasteiger partial charge in [0.25, 0.3) is 0 Å². The highest BCUT2D eigenvalue weighted by Crippen LogP contribution is 2.46. The molecule has 0 saturated heterocycles. The van der Waals surface area contributed by atoms with E-state index in [9.17, 15) is 5.26 Å². The molecule has 0 radical (unpaired) electrons. The maximum atomic E-state index is 11.1. The number of hydrogen-bond donors (Lipinski definition) is 0. The summed E-state index contributed by atoms with van der Waals surface area (Å²) in [6, 6.07) is 66.9. The summed E-state index contributed by atoms with van der Waals surface area (Å²) in [5.41, 5.74) is 10.7. The standard InChI is InChI=1S/C54H31N5O/c1-56-43-32-48(35(33-55)30-49(43)59-44-22-12-10-20-40(44)53-47(59)28-29-51-54(53)41-21-11-13-23-50(41)60-51)58-45-27-25-38(57(36-15-4-2-5-16-36)37-17-6-3-7-18-37)31-42(45)52-39-19-9-8-14-34(39)24-26-46(52)58/h2-32H. The summed E-state index contributed by atoms with van der Waals surface area (Å²) in [6.45, 7) is 8.64. The molecule has 0 aliphatic rings. The quantitative estimate of drug-likeness (QED) is 0.164. The molecule has 0 atom stereocenters. The van der Waals surface area contributed by atoms with Crippen molar-refractivity contribution >= 4 is 99.1 Å². The van der Waals surface area contributed by atoms with Gasteiger partial charge in [0.15, 0.2) is 0 Å². The Kier molecular flexibility index (Phi) is 7.26. The second kappa shape index (κ2) is 13.0. The lowest BCUT2D eigenvalue weighted by Gasteiger charge is -2.25. The van der Waals surface area contributed by atoms with Gasteiger partial charge in [-0.25, -0.2) is 4.85 Å². The van der Waals surface area contributed by atoms with Gasteiger partial charge in [0.1, 0.15) is 17.2 Å². The van der Waals surface area contributed by atoms with E-state index in [4.69, 9.17) is 11.0 Å². The molecule has 12 rings (SSSR count). The summed E-state index contributed by atoms with van der Waals surface area (Å²) < 4.78 is 10.6. The molecule has 278 valence electrons. The zero-order valence-corrected chi connectivity index (χ0v) is 32.0. The Morgan fingerprint density at radius 2 is 1.08 bits per heavy atom. The summed E-state index contributed by atoms with van der Waals surface area (Å²) >= 11 is 0. The van der Waals surface area contributed by atoms with Crippen LogP contribution in [0.1, 0.15) is 5.56 Å². The van der Waals surface area contributed by atoms with Crippen molar-refractivity contribution in [2.75, 3.05) is 4.90 Å². The molecular formula is C54H31N5O. The lowest BCUT2D eigenvalue weighted by molar-refractivity contribution is 0.669. The summed E-state index contributed by atoms with van der Waals surface area (Å²) in [6.07, 6.45) is 0. The number of nitrogens with zero attached hydrogens (tertiary/aromatic N) is 5. The topological polar surface area (TPSA) is 54.4 Å². The van der Waals surface area contributed by atoms with E-state index in [0.717, 1.165) is 93.4 Å². The van der Waals surface area contributed by atoms with Crippen LogP contribution in [0.15, 0.2) is 192 Å². The number of furan rings is 1. The minimum Gasteiger partial charge on any atom is -0.456 e. The van der Waals surface area contributed by atoms with Crippen LogP contribution >= 0.6 is 0 Å². The van der Waals surface area contributed by atoms with Crippen LogP contribution in [0.4, 0.5) is 22.7 Å². The molecule has 6 nitrogen and oxygen atoms in total. The van der Waals surface area contributed by atoms with Gasteiger partial charge in [-0.05, 0) is 95.7 Å². The van der Waals surface area contributed by atoms with Crippen LogP contribution in [0.3, 0.4) is 0 Å². The van der Waals surface area contributed by atoms with Crippen LogP contribution in [0, 0.1) is 17.9 Å².